The van der Waals surface area contributed by atoms with Crippen LogP contribution in [0.25, 0.3) is 11.1 Å². The number of aromatic nitrogens is 6. The molecule has 4 amide bonds. The van der Waals surface area contributed by atoms with Gasteiger partial charge in [0.2, 0.25) is 23.6 Å². The van der Waals surface area contributed by atoms with Crippen molar-refractivity contribution in [1.29, 1.82) is 0 Å². The Bertz CT molecular complexity index is 3510. The fraction of sp³-hybridized carbons (Fsp3) is 0.448. The van der Waals surface area contributed by atoms with Crippen molar-refractivity contribution in [1.82, 2.24) is 39.7 Å². The molecule has 5 aliphatic rings. The molecule has 6 aromatic rings. The third kappa shape index (κ3) is 19.9. The number of nitrogens with one attached hydrogen (secondary N) is 5. The van der Waals surface area contributed by atoms with Crippen LogP contribution in [-0.4, -0.2) is 159 Å². The molecule has 7 heterocycles. The molecule has 22 nitrogen and oxygen atoms in total. The van der Waals surface area contributed by atoms with Gasteiger partial charge in [0.05, 0.1) is 55.2 Å². The third-order valence-electron chi connectivity index (χ3n) is 16.3. The highest BCUT2D eigenvalue weighted by atomic mass is 79.9. The van der Waals surface area contributed by atoms with E-state index in [9.17, 15) is 24.0 Å². The lowest BCUT2D eigenvalue weighted by Crippen LogP contribution is -2.41. The van der Waals surface area contributed by atoms with Crippen molar-refractivity contribution in [2.24, 2.45) is 0 Å². The van der Waals surface area contributed by atoms with E-state index in [1.165, 1.54) is 23.6 Å². The summed E-state index contributed by atoms with van der Waals surface area (Å²) in [5.74, 6) is 1.25. The zero-order valence-corrected chi connectivity index (χ0v) is 55.0. The number of nitrogens with zero attached hydrogens (tertiary/aromatic N) is 7. The Morgan fingerprint density at radius 3 is 1.73 bits per heavy atom. The molecule has 5 fully saturated rings. The molecule has 24 heteroatoms. The van der Waals surface area contributed by atoms with Gasteiger partial charge in [-0.2, -0.15) is 9.78 Å². The highest BCUT2D eigenvalue weighted by Crippen LogP contribution is 2.42. The first kappa shape index (κ1) is 67.7. The number of morpholine rings is 2. The fourth-order valence-electron chi connectivity index (χ4n) is 9.90. The summed E-state index contributed by atoms with van der Waals surface area (Å²) >= 11 is 3.29. The van der Waals surface area contributed by atoms with Crippen LogP contribution in [0.5, 0.6) is 0 Å². The van der Waals surface area contributed by atoms with Gasteiger partial charge in [0, 0.05) is 104 Å². The zero-order chi connectivity index (χ0) is 64.9. The van der Waals surface area contributed by atoms with E-state index < -0.39 is 35.9 Å². The Morgan fingerprint density at radius 1 is 0.659 bits per heavy atom. The van der Waals surface area contributed by atoms with Gasteiger partial charge in [0.1, 0.15) is 17.2 Å². The van der Waals surface area contributed by atoms with E-state index in [0.29, 0.717) is 29.2 Å². The van der Waals surface area contributed by atoms with E-state index in [0.717, 1.165) is 122 Å². The molecule has 0 spiro atoms. The fourth-order valence-corrected chi connectivity index (χ4v) is 10.1. The number of aromatic amines is 1. The second-order valence-corrected chi connectivity index (χ2v) is 26.2. The van der Waals surface area contributed by atoms with Crippen molar-refractivity contribution in [3.05, 3.63) is 149 Å². The van der Waals surface area contributed by atoms with Gasteiger partial charge in [-0.05, 0) is 150 Å². The predicted molar refractivity (Wildman–Crippen MR) is 354 cm³/mol. The molecular weight excluding hydrogens is 1220 g/mol. The van der Waals surface area contributed by atoms with Gasteiger partial charge in [0.15, 0.2) is 11.6 Å². The Hall–Kier alpha value is -7.71. The van der Waals surface area contributed by atoms with Crippen molar-refractivity contribution in [2.45, 2.75) is 128 Å². The number of pyridine rings is 2. The maximum Gasteiger partial charge on any atom is 0.494 e. The van der Waals surface area contributed by atoms with Gasteiger partial charge >= 0.3 is 13.2 Å². The third-order valence-corrected chi connectivity index (χ3v) is 16.8. The average Bonchev–Trinajstić information content (AvgIpc) is 1.69. The number of hydrogen-bond donors (Lipinski definition) is 5. The van der Waals surface area contributed by atoms with Crippen molar-refractivity contribution in [2.75, 3.05) is 87.0 Å². The largest absolute Gasteiger partial charge is 0.494 e. The molecule has 2 saturated carbocycles. The van der Waals surface area contributed by atoms with E-state index in [1.54, 1.807) is 36.7 Å². The number of amides is 4. The van der Waals surface area contributed by atoms with Gasteiger partial charge in [-0.15, -0.1) is 5.10 Å². The van der Waals surface area contributed by atoms with Crippen molar-refractivity contribution in [3.8, 4) is 11.1 Å². The van der Waals surface area contributed by atoms with Crippen molar-refractivity contribution < 1.29 is 47.5 Å². The number of carbonyl (C=O) groups is 5. The van der Waals surface area contributed by atoms with Gasteiger partial charge in [-0.1, -0.05) is 60.7 Å². The predicted octanol–water partition coefficient (Wildman–Crippen LogP) is 10.2. The molecule has 5 N–H and O–H groups in total. The van der Waals surface area contributed by atoms with E-state index in [-0.39, 0.29) is 35.5 Å². The van der Waals surface area contributed by atoms with Gasteiger partial charge < -0.3 is 44.8 Å². The summed E-state index contributed by atoms with van der Waals surface area (Å²) in [4.78, 5) is 75.5. The van der Waals surface area contributed by atoms with Gasteiger partial charge in [0.25, 0.3) is 0 Å². The van der Waals surface area contributed by atoms with Gasteiger partial charge in [-0.25, -0.2) is 14.8 Å². The number of halogens is 1. The number of carbonyl (C=O) groups excluding carboxylic acids is 5. The standard InChI is InChI=1S/C28H32N6O3.C26H36BN3O5.C13H16BrN3O2/c1-19(28(36)31-26-17-24(32-33-26)20-7-8-20)21-4-2-5-22(16-21)23-9-10-25(29-18-23)30-27(35)6-3-11-34-12-14-37-15-13-34;1-16(18-10-9-11-19(14-18)27-34-25(5,6)26(7,8)35-27)22(31)28-21-15-20(17-12-13-17)30(29-21)23(32)33-24(2,3)4;14-11-3-4-12(15-10-11)16-13(18)2-1-5-17-6-8-19-9-7-17/h2-6,9-10,16-20H,7-8,11-15H2,1H3,(H,29,30,35)(H2,31,32,33,36);9-11,14-17H,12-13H2,1-8H3,(H,28,29,31);1-4,10H,5-9H2,(H,15,16,18)/b6-3+;;2-1+. The Labute approximate surface area is 541 Å². The number of benzene rings is 2. The molecular formula is C67H84BBrN12O10. The van der Waals surface area contributed by atoms with E-state index >= 15 is 0 Å². The Kier molecular flexibility index (Phi) is 22.8. The molecule has 482 valence electrons. The second-order valence-electron chi connectivity index (χ2n) is 25.3. The molecule has 2 unspecified atom stereocenters. The number of H-pyrrole nitrogens is 1. The first-order valence-corrected chi connectivity index (χ1v) is 31.9. The molecule has 3 saturated heterocycles. The summed E-state index contributed by atoms with van der Waals surface area (Å²) in [6, 6.07) is 26.5. The summed E-state index contributed by atoms with van der Waals surface area (Å²) in [7, 11) is -0.499. The van der Waals surface area contributed by atoms with Crippen LogP contribution >= 0.6 is 15.9 Å². The minimum Gasteiger partial charge on any atom is -0.442 e. The number of ether oxygens (including phenoxy) is 3. The van der Waals surface area contributed by atoms with Crippen molar-refractivity contribution >= 4 is 81.5 Å². The molecule has 2 aliphatic carbocycles. The monoisotopic (exact) mass is 1310 g/mol. The number of rotatable bonds is 18. The summed E-state index contributed by atoms with van der Waals surface area (Å²) in [5.41, 5.74) is 4.78. The summed E-state index contributed by atoms with van der Waals surface area (Å²) in [6.45, 7) is 25.3. The van der Waals surface area contributed by atoms with E-state index in [4.69, 9.17) is 23.5 Å². The highest BCUT2D eigenvalue weighted by molar-refractivity contribution is 9.10. The molecule has 4 aromatic heterocycles. The molecule has 2 atom stereocenters. The van der Waals surface area contributed by atoms with Gasteiger partial charge in [-0.3, -0.25) is 34.1 Å². The Morgan fingerprint density at radius 2 is 1.20 bits per heavy atom. The molecule has 3 aliphatic heterocycles. The lowest BCUT2D eigenvalue weighted by molar-refractivity contribution is -0.118. The lowest BCUT2D eigenvalue weighted by Gasteiger charge is -2.32. The first-order valence-electron chi connectivity index (χ1n) is 31.1. The summed E-state index contributed by atoms with van der Waals surface area (Å²) in [6.07, 6.45) is 14.0. The molecule has 0 bridgehead atoms. The average molecular weight is 1310 g/mol. The van der Waals surface area contributed by atoms with Crippen LogP contribution in [0, 0.1) is 0 Å². The lowest BCUT2D eigenvalue weighted by atomic mass is 9.77. The molecule has 0 radical (unpaired) electrons. The minimum absolute atomic E-state index is 0.108. The SMILES string of the molecule is CC(C(=O)Nc1cc(C2CC2)[nH]n1)c1cccc(-c2ccc(NC(=O)/C=C/CN3CCOCC3)nc2)c1.CC(C(=O)Nc1cc(C2CC2)n(C(=O)OC(C)(C)C)n1)c1cccc(B2OC(C)(C)C(C)(C)O2)c1.O=C(/C=C/CN1CCOCC1)Nc1ccc(Br)cn1. The van der Waals surface area contributed by atoms with Crippen molar-refractivity contribution in [3.63, 3.8) is 0 Å². The van der Waals surface area contributed by atoms with Crippen LogP contribution in [0.2, 0.25) is 0 Å². The highest BCUT2D eigenvalue weighted by Gasteiger charge is 2.52. The van der Waals surface area contributed by atoms with Crippen LogP contribution in [0.1, 0.15) is 134 Å². The zero-order valence-electron chi connectivity index (χ0n) is 53.4. The smallest absolute Gasteiger partial charge is 0.442 e. The molecule has 91 heavy (non-hydrogen) atoms. The maximum absolute atomic E-state index is 13.1. The summed E-state index contributed by atoms with van der Waals surface area (Å²) in [5, 5.41) is 22.9. The number of hydrogen-bond acceptors (Lipinski definition) is 16. The minimum atomic E-state index is -0.635. The van der Waals surface area contributed by atoms with Crippen LogP contribution < -0.4 is 26.7 Å². The molecule has 2 aromatic carbocycles. The quantitative estimate of drug-likeness (QED) is 0.0396. The number of anilines is 4. The van der Waals surface area contributed by atoms with E-state index in [1.807, 2.05) is 141 Å². The van der Waals surface area contributed by atoms with Crippen LogP contribution in [0.15, 0.2) is 126 Å². The van der Waals surface area contributed by atoms with E-state index in [2.05, 4.69) is 72.3 Å². The first-order chi connectivity index (χ1) is 43.5. The topological polar surface area (TPSA) is 258 Å². The Balaban J connectivity index is 0.000000170. The normalized spacial score (nSPS) is 18.1. The summed E-state index contributed by atoms with van der Waals surface area (Å²) < 4.78 is 30.6. The van der Waals surface area contributed by atoms with Crippen LogP contribution in [0.4, 0.5) is 28.1 Å². The van der Waals surface area contributed by atoms with Crippen LogP contribution in [-0.2, 0) is 42.7 Å². The molecule has 11 rings (SSSR count). The second kappa shape index (κ2) is 30.6. The maximum atomic E-state index is 13.1. The van der Waals surface area contributed by atoms with Crippen LogP contribution in [0.3, 0.4) is 0 Å².